The third-order valence-electron chi connectivity index (χ3n) is 8.38. The van der Waals surface area contributed by atoms with Gasteiger partial charge in [0, 0.05) is 66.3 Å². The summed E-state index contributed by atoms with van der Waals surface area (Å²) in [6.45, 7) is 7.92. The van der Waals surface area contributed by atoms with Crippen molar-refractivity contribution in [1.82, 2.24) is 24.8 Å². The smallest absolute Gasteiger partial charge is 0.239 e. The fourth-order valence-corrected chi connectivity index (χ4v) is 6.16. The number of hydrogen-bond acceptors (Lipinski definition) is 10. The number of benzene rings is 1. The van der Waals surface area contributed by atoms with Crippen LogP contribution in [0.4, 0.5) is 34.6 Å². The number of amides is 1. The van der Waals surface area contributed by atoms with Crippen LogP contribution < -0.4 is 24.8 Å². The molecule has 0 radical (unpaired) electrons. The van der Waals surface area contributed by atoms with E-state index in [1.165, 1.54) is 18.0 Å². The zero-order valence-electron chi connectivity index (χ0n) is 25.6. The molecule has 0 saturated carbocycles. The molecule has 0 spiro atoms. The van der Waals surface area contributed by atoms with E-state index in [9.17, 15) is 4.79 Å². The number of carbonyl (C=O) groups is 1. The standard InChI is InChI=1S/C30H38Cl3N9O2/c1-19(43)39(3)25-16-21(31)22(32)17-26(25)40(4)28-23(33)18-34-30(37-28)35-24-6-7-27(36-29(24)44-5)42-10-8-20(9-11-42)41-14-12-38(2)13-15-41/h6-7,16-18,20H,8-15H2,1-5H3,(H,34,35,37). The topological polar surface area (TPSA) is 93.2 Å². The third-order valence-corrected chi connectivity index (χ3v) is 9.37. The number of aromatic nitrogens is 3. The number of rotatable bonds is 8. The molecule has 0 aliphatic carbocycles. The highest BCUT2D eigenvalue weighted by molar-refractivity contribution is 6.42. The van der Waals surface area contributed by atoms with Gasteiger partial charge in [0.2, 0.25) is 17.7 Å². The first-order valence-corrected chi connectivity index (χ1v) is 15.7. The lowest BCUT2D eigenvalue weighted by Crippen LogP contribution is -2.52. The Morgan fingerprint density at radius 2 is 1.61 bits per heavy atom. The summed E-state index contributed by atoms with van der Waals surface area (Å²) in [7, 11) is 7.22. The van der Waals surface area contributed by atoms with Crippen LogP contribution in [-0.4, -0.2) is 104 Å². The average Bonchev–Trinajstić information content (AvgIpc) is 3.03. The first-order chi connectivity index (χ1) is 21.0. The van der Waals surface area contributed by atoms with Crippen LogP contribution in [0.3, 0.4) is 0 Å². The van der Waals surface area contributed by atoms with Crippen LogP contribution in [0, 0.1) is 0 Å². The predicted molar refractivity (Wildman–Crippen MR) is 179 cm³/mol. The van der Waals surface area contributed by atoms with Gasteiger partial charge in [0.05, 0.1) is 34.7 Å². The second-order valence-corrected chi connectivity index (χ2v) is 12.4. The zero-order valence-corrected chi connectivity index (χ0v) is 27.9. The summed E-state index contributed by atoms with van der Waals surface area (Å²) in [4.78, 5) is 36.6. The monoisotopic (exact) mass is 661 g/mol. The summed E-state index contributed by atoms with van der Waals surface area (Å²) in [6, 6.07) is 7.85. The van der Waals surface area contributed by atoms with E-state index in [2.05, 4.69) is 37.0 Å². The summed E-state index contributed by atoms with van der Waals surface area (Å²) in [5.74, 6) is 1.83. The van der Waals surface area contributed by atoms with Crippen molar-refractivity contribution in [1.29, 1.82) is 0 Å². The van der Waals surface area contributed by atoms with Crippen LogP contribution in [0.5, 0.6) is 5.88 Å². The summed E-state index contributed by atoms with van der Waals surface area (Å²) in [6.07, 6.45) is 3.74. The molecule has 3 aromatic rings. The zero-order chi connectivity index (χ0) is 31.5. The van der Waals surface area contributed by atoms with E-state index in [0.717, 1.165) is 57.9 Å². The van der Waals surface area contributed by atoms with Gasteiger partial charge >= 0.3 is 0 Å². The van der Waals surface area contributed by atoms with E-state index in [1.807, 2.05) is 12.1 Å². The normalized spacial score (nSPS) is 16.6. The van der Waals surface area contributed by atoms with Gasteiger partial charge in [0.15, 0.2) is 5.82 Å². The Morgan fingerprint density at radius 3 is 2.25 bits per heavy atom. The van der Waals surface area contributed by atoms with Gasteiger partial charge < -0.3 is 29.7 Å². The molecule has 2 aliphatic heterocycles. The number of piperidine rings is 1. The molecule has 0 atom stereocenters. The number of nitrogens with zero attached hydrogens (tertiary/aromatic N) is 8. The molecule has 11 nitrogen and oxygen atoms in total. The van der Waals surface area contributed by atoms with Gasteiger partial charge in [0.1, 0.15) is 16.5 Å². The van der Waals surface area contributed by atoms with Gasteiger partial charge in [-0.25, -0.2) is 4.98 Å². The Bertz CT molecular complexity index is 1490. The highest BCUT2D eigenvalue weighted by atomic mass is 35.5. The van der Waals surface area contributed by atoms with Gasteiger partial charge in [0.25, 0.3) is 0 Å². The minimum Gasteiger partial charge on any atom is -0.479 e. The van der Waals surface area contributed by atoms with Crippen molar-refractivity contribution in [3.8, 4) is 5.88 Å². The molecular formula is C30H38Cl3N9O2. The lowest BCUT2D eigenvalue weighted by Gasteiger charge is -2.42. The molecule has 2 aromatic heterocycles. The van der Waals surface area contributed by atoms with Crippen molar-refractivity contribution in [3.05, 3.63) is 45.5 Å². The highest BCUT2D eigenvalue weighted by Gasteiger charge is 2.28. The number of carbonyl (C=O) groups excluding carboxylic acids is 1. The van der Waals surface area contributed by atoms with Crippen LogP contribution in [-0.2, 0) is 4.79 Å². The molecule has 0 unspecified atom stereocenters. The number of piperazine rings is 1. The molecule has 1 amide bonds. The minimum atomic E-state index is -0.170. The van der Waals surface area contributed by atoms with E-state index in [1.54, 1.807) is 38.2 Å². The van der Waals surface area contributed by atoms with Gasteiger partial charge in [-0.05, 0) is 44.2 Å². The van der Waals surface area contributed by atoms with Crippen LogP contribution >= 0.6 is 34.8 Å². The van der Waals surface area contributed by atoms with Gasteiger partial charge in [-0.3, -0.25) is 9.69 Å². The Labute approximate surface area is 273 Å². The van der Waals surface area contributed by atoms with E-state index in [0.29, 0.717) is 55.8 Å². The fourth-order valence-electron chi connectivity index (χ4n) is 5.63. The Morgan fingerprint density at radius 1 is 0.955 bits per heavy atom. The first-order valence-electron chi connectivity index (χ1n) is 14.5. The SMILES string of the molecule is COc1nc(N2CCC(N3CCN(C)CC3)CC2)ccc1Nc1ncc(Cl)c(N(C)c2cc(Cl)c(Cl)cc2N(C)C(C)=O)n1. The van der Waals surface area contributed by atoms with Crippen molar-refractivity contribution < 1.29 is 9.53 Å². The molecule has 44 heavy (non-hydrogen) atoms. The summed E-state index contributed by atoms with van der Waals surface area (Å²) < 4.78 is 5.67. The van der Waals surface area contributed by atoms with E-state index < -0.39 is 0 Å². The second-order valence-electron chi connectivity index (χ2n) is 11.2. The number of hydrogen-bond donors (Lipinski definition) is 1. The molecular weight excluding hydrogens is 625 g/mol. The van der Waals surface area contributed by atoms with Crippen molar-refractivity contribution in [2.45, 2.75) is 25.8 Å². The summed E-state index contributed by atoms with van der Waals surface area (Å²) in [5.41, 5.74) is 1.75. The predicted octanol–water partition coefficient (Wildman–Crippen LogP) is 5.55. The number of pyridine rings is 1. The molecule has 4 heterocycles. The highest BCUT2D eigenvalue weighted by Crippen LogP contribution is 2.40. The van der Waals surface area contributed by atoms with Gasteiger partial charge in [-0.2, -0.15) is 9.97 Å². The Balaban J connectivity index is 1.32. The summed E-state index contributed by atoms with van der Waals surface area (Å²) in [5, 5.41) is 4.18. The molecule has 5 rings (SSSR count). The van der Waals surface area contributed by atoms with Crippen LogP contribution in [0.1, 0.15) is 19.8 Å². The molecule has 1 aromatic carbocycles. The number of halogens is 3. The maximum Gasteiger partial charge on any atom is 0.239 e. The lowest BCUT2D eigenvalue weighted by atomic mass is 10.0. The quantitative estimate of drug-likeness (QED) is 0.331. The number of likely N-dealkylation sites (N-methyl/N-ethyl adjacent to an activating group) is 1. The average molecular weight is 663 g/mol. The first kappa shape index (κ1) is 32.3. The van der Waals surface area contributed by atoms with Crippen molar-refractivity contribution >= 4 is 75.4 Å². The molecule has 2 aliphatic rings. The third kappa shape index (κ3) is 7.07. The molecule has 1 N–H and O–H groups in total. The molecule has 2 fully saturated rings. The minimum absolute atomic E-state index is 0.170. The van der Waals surface area contributed by atoms with Gasteiger partial charge in [-0.1, -0.05) is 34.8 Å². The molecule has 14 heteroatoms. The van der Waals surface area contributed by atoms with Crippen LogP contribution in [0.15, 0.2) is 30.5 Å². The molecule has 0 bridgehead atoms. The maximum absolute atomic E-state index is 12.2. The number of anilines is 6. The number of methoxy groups -OCH3 is 1. The Kier molecular flexibility index (Phi) is 10.2. The van der Waals surface area contributed by atoms with Gasteiger partial charge in [-0.15, -0.1) is 0 Å². The van der Waals surface area contributed by atoms with E-state index >= 15 is 0 Å². The van der Waals surface area contributed by atoms with Crippen molar-refractivity contribution in [2.75, 3.05) is 87.5 Å². The Hall–Kier alpha value is -3.09. The van der Waals surface area contributed by atoms with Crippen LogP contribution in [0.25, 0.3) is 0 Å². The number of ether oxygens (including phenoxy) is 1. The van der Waals surface area contributed by atoms with E-state index in [4.69, 9.17) is 44.5 Å². The fraction of sp³-hybridized carbons (Fsp3) is 0.467. The lowest BCUT2D eigenvalue weighted by molar-refractivity contribution is -0.116. The van der Waals surface area contributed by atoms with Crippen molar-refractivity contribution in [3.63, 3.8) is 0 Å². The molecule has 236 valence electrons. The van der Waals surface area contributed by atoms with E-state index in [-0.39, 0.29) is 5.91 Å². The van der Waals surface area contributed by atoms with Crippen molar-refractivity contribution in [2.24, 2.45) is 0 Å². The number of nitrogens with one attached hydrogen (secondary N) is 1. The maximum atomic E-state index is 12.2. The van der Waals surface area contributed by atoms with Crippen LogP contribution in [0.2, 0.25) is 15.1 Å². The largest absolute Gasteiger partial charge is 0.479 e. The summed E-state index contributed by atoms with van der Waals surface area (Å²) >= 11 is 19.2. The second kappa shape index (κ2) is 13.9. The molecule has 2 saturated heterocycles.